The van der Waals surface area contributed by atoms with Crippen LogP contribution in [0, 0.1) is 0 Å². The number of rotatable bonds is 4. The summed E-state index contributed by atoms with van der Waals surface area (Å²) in [6, 6.07) is 18.6. The highest BCUT2D eigenvalue weighted by atomic mass is 19.1. The van der Waals surface area contributed by atoms with Crippen LogP contribution in [0.2, 0.25) is 0 Å². The van der Waals surface area contributed by atoms with Crippen molar-refractivity contribution in [2.24, 2.45) is 0 Å². The minimum atomic E-state index is -0.687. The van der Waals surface area contributed by atoms with Gasteiger partial charge in [-0.05, 0) is 16.7 Å². The van der Waals surface area contributed by atoms with Gasteiger partial charge in [-0.2, -0.15) is 0 Å². The Balaban J connectivity index is 2.13. The minimum absolute atomic E-state index is 0.268. The highest BCUT2D eigenvalue weighted by Gasteiger charge is 2.11. The Morgan fingerprint density at radius 3 is 2.11 bits per heavy atom. The molecule has 1 unspecified atom stereocenters. The molecule has 2 aromatic rings. The molecule has 0 bridgehead atoms. The lowest BCUT2D eigenvalue weighted by Crippen LogP contribution is -1.98. The van der Waals surface area contributed by atoms with E-state index in [1.54, 1.807) is 0 Å². The molecule has 2 rings (SSSR count). The Hall–Kier alpha value is -1.93. The maximum atomic E-state index is 12.9. The van der Waals surface area contributed by atoms with E-state index in [9.17, 15) is 9.50 Å². The lowest BCUT2D eigenvalue weighted by molar-refractivity contribution is 0.184. The van der Waals surface area contributed by atoms with Crippen LogP contribution in [0.3, 0.4) is 0 Å². The molecular weight excluding hydrogens is 227 g/mol. The van der Waals surface area contributed by atoms with Gasteiger partial charge in [0.2, 0.25) is 0 Å². The summed E-state index contributed by atoms with van der Waals surface area (Å²) in [5.41, 5.74) is 2.11. The summed E-state index contributed by atoms with van der Waals surface area (Å²) < 4.78 is 12.9. The number of aliphatic hydroxyl groups is 1. The SMILES string of the molecule is OC(CC(=CF)c1ccccc1)c1ccccc1. The Bertz CT molecular complexity index is 505. The molecule has 0 aliphatic heterocycles. The molecule has 0 saturated heterocycles. The summed E-state index contributed by atoms with van der Waals surface area (Å²) in [7, 11) is 0. The molecule has 0 aliphatic rings. The van der Waals surface area contributed by atoms with Crippen molar-refractivity contribution in [1.29, 1.82) is 0 Å². The largest absolute Gasteiger partial charge is 0.388 e. The zero-order chi connectivity index (χ0) is 12.8. The first-order valence-corrected chi connectivity index (χ1v) is 5.89. The molecule has 0 aromatic heterocycles. The Morgan fingerprint density at radius 1 is 1.00 bits per heavy atom. The second-order valence-electron chi connectivity index (χ2n) is 4.13. The summed E-state index contributed by atoms with van der Waals surface area (Å²) in [5.74, 6) is 0. The molecule has 0 amide bonds. The van der Waals surface area contributed by atoms with Gasteiger partial charge < -0.3 is 5.11 Å². The molecule has 18 heavy (non-hydrogen) atoms. The van der Waals surface area contributed by atoms with E-state index in [0.717, 1.165) is 11.1 Å². The van der Waals surface area contributed by atoms with Gasteiger partial charge in [-0.1, -0.05) is 60.7 Å². The number of halogens is 1. The number of aliphatic hydroxyl groups excluding tert-OH is 1. The van der Waals surface area contributed by atoms with Crippen LogP contribution in [0.15, 0.2) is 67.0 Å². The van der Waals surface area contributed by atoms with E-state index in [1.807, 2.05) is 60.7 Å². The van der Waals surface area contributed by atoms with Gasteiger partial charge in [0.05, 0.1) is 12.4 Å². The van der Waals surface area contributed by atoms with Gasteiger partial charge in [-0.15, -0.1) is 0 Å². The van der Waals surface area contributed by atoms with Crippen molar-refractivity contribution < 1.29 is 9.50 Å². The second kappa shape index (κ2) is 6.12. The number of benzene rings is 2. The van der Waals surface area contributed by atoms with E-state index in [0.29, 0.717) is 11.9 Å². The highest BCUT2D eigenvalue weighted by molar-refractivity contribution is 5.65. The predicted molar refractivity (Wildman–Crippen MR) is 71.5 cm³/mol. The standard InChI is InChI=1S/C16H15FO/c17-12-15(13-7-3-1-4-8-13)11-16(18)14-9-5-2-6-10-14/h1-10,12,16,18H,11H2. The topological polar surface area (TPSA) is 20.2 Å². The van der Waals surface area contributed by atoms with Crippen LogP contribution in [0.5, 0.6) is 0 Å². The van der Waals surface area contributed by atoms with E-state index in [4.69, 9.17) is 0 Å². The molecule has 0 radical (unpaired) electrons. The van der Waals surface area contributed by atoms with Crippen LogP contribution in [-0.2, 0) is 0 Å². The zero-order valence-corrected chi connectivity index (χ0v) is 9.96. The molecule has 0 spiro atoms. The quantitative estimate of drug-likeness (QED) is 0.855. The number of hydrogen-bond donors (Lipinski definition) is 1. The maximum absolute atomic E-state index is 12.9. The van der Waals surface area contributed by atoms with Crippen molar-refractivity contribution in [2.75, 3.05) is 0 Å². The third kappa shape index (κ3) is 3.05. The fourth-order valence-corrected chi connectivity index (χ4v) is 1.88. The average molecular weight is 242 g/mol. The van der Waals surface area contributed by atoms with Crippen LogP contribution in [0.25, 0.3) is 5.57 Å². The molecule has 2 heteroatoms. The summed E-state index contributed by atoms with van der Waals surface area (Å²) in [5, 5.41) is 10.1. The van der Waals surface area contributed by atoms with Crippen molar-refractivity contribution in [2.45, 2.75) is 12.5 Å². The van der Waals surface area contributed by atoms with Crippen molar-refractivity contribution in [3.8, 4) is 0 Å². The second-order valence-corrected chi connectivity index (χ2v) is 4.13. The van der Waals surface area contributed by atoms with E-state index in [2.05, 4.69) is 0 Å². The monoisotopic (exact) mass is 242 g/mol. The van der Waals surface area contributed by atoms with Crippen LogP contribution in [0.4, 0.5) is 4.39 Å². The molecule has 2 aromatic carbocycles. The van der Waals surface area contributed by atoms with Gasteiger partial charge in [-0.25, -0.2) is 4.39 Å². The van der Waals surface area contributed by atoms with Gasteiger partial charge in [-0.3, -0.25) is 0 Å². The minimum Gasteiger partial charge on any atom is -0.388 e. The molecule has 1 atom stereocenters. The van der Waals surface area contributed by atoms with Crippen molar-refractivity contribution in [3.05, 3.63) is 78.1 Å². The van der Waals surface area contributed by atoms with Crippen molar-refractivity contribution in [3.63, 3.8) is 0 Å². The zero-order valence-electron chi connectivity index (χ0n) is 9.96. The van der Waals surface area contributed by atoms with Crippen molar-refractivity contribution >= 4 is 5.57 Å². The van der Waals surface area contributed by atoms with Crippen molar-refractivity contribution in [1.82, 2.24) is 0 Å². The van der Waals surface area contributed by atoms with Gasteiger partial charge >= 0.3 is 0 Å². The first kappa shape index (κ1) is 12.5. The molecule has 0 fully saturated rings. The van der Waals surface area contributed by atoms with E-state index in [1.165, 1.54) is 0 Å². The number of hydrogen-bond acceptors (Lipinski definition) is 1. The highest BCUT2D eigenvalue weighted by Crippen LogP contribution is 2.27. The lowest BCUT2D eigenvalue weighted by atomic mass is 9.97. The molecular formula is C16H15FO. The fourth-order valence-electron chi connectivity index (χ4n) is 1.88. The van der Waals surface area contributed by atoms with E-state index in [-0.39, 0.29) is 6.42 Å². The average Bonchev–Trinajstić information content (AvgIpc) is 2.46. The molecule has 0 aliphatic carbocycles. The smallest absolute Gasteiger partial charge is 0.0905 e. The molecule has 1 N–H and O–H groups in total. The summed E-state index contributed by atoms with van der Waals surface area (Å²) in [6.07, 6.45) is 0.153. The van der Waals surface area contributed by atoms with Gasteiger partial charge in [0.1, 0.15) is 0 Å². The third-order valence-electron chi connectivity index (χ3n) is 2.87. The molecule has 0 saturated carbocycles. The van der Waals surface area contributed by atoms with Crippen LogP contribution < -0.4 is 0 Å². The first-order chi connectivity index (χ1) is 8.81. The van der Waals surface area contributed by atoms with Gasteiger partial charge in [0.15, 0.2) is 0 Å². The van der Waals surface area contributed by atoms with E-state index >= 15 is 0 Å². The predicted octanol–water partition coefficient (Wildman–Crippen LogP) is 4.12. The normalized spacial score (nSPS) is 13.3. The van der Waals surface area contributed by atoms with Crippen LogP contribution >= 0.6 is 0 Å². The summed E-state index contributed by atoms with van der Waals surface area (Å²) in [6.45, 7) is 0. The molecule has 0 heterocycles. The van der Waals surface area contributed by atoms with Gasteiger partial charge in [0, 0.05) is 6.42 Å². The Kier molecular flexibility index (Phi) is 4.26. The third-order valence-corrected chi connectivity index (χ3v) is 2.87. The van der Waals surface area contributed by atoms with Gasteiger partial charge in [0.25, 0.3) is 0 Å². The molecule has 1 nitrogen and oxygen atoms in total. The Labute approximate surface area is 106 Å². The van der Waals surface area contributed by atoms with E-state index < -0.39 is 6.10 Å². The Morgan fingerprint density at radius 2 is 1.56 bits per heavy atom. The maximum Gasteiger partial charge on any atom is 0.0905 e. The lowest BCUT2D eigenvalue weighted by Gasteiger charge is -2.13. The molecule has 92 valence electrons. The first-order valence-electron chi connectivity index (χ1n) is 5.89. The fraction of sp³-hybridized carbons (Fsp3) is 0.125. The summed E-state index contributed by atoms with van der Waals surface area (Å²) >= 11 is 0. The summed E-state index contributed by atoms with van der Waals surface area (Å²) in [4.78, 5) is 0. The van der Waals surface area contributed by atoms with Crippen LogP contribution in [0.1, 0.15) is 23.7 Å². The van der Waals surface area contributed by atoms with Crippen LogP contribution in [-0.4, -0.2) is 5.11 Å².